The highest BCUT2D eigenvalue weighted by Crippen LogP contribution is 2.16. The molecule has 0 unspecified atom stereocenters. The van der Waals surface area contributed by atoms with Crippen LogP contribution in [0.15, 0.2) is 59.1 Å². The number of carbonyl (C=O) groups excluding carboxylic acids is 1. The zero-order valence-corrected chi connectivity index (χ0v) is 15.0. The number of carbonyl (C=O) groups is 1. The molecule has 8 heteroatoms. The molecule has 0 atom stereocenters. The zero-order valence-electron chi connectivity index (χ0n) is 15.0. The minimum Gasteiger partial charge on any atom is -0.539 e. The van der Waals surface area contributed by atoms with E-state index in [1.54, 1.807) is 50.6 Å². The monoisotopic (exact) mass is 369 g/mol. The minimum absolute atomic E-state index is 0.0331. The van der Waals surface area contributed by atoms with Crippen molar-refractivity contribution in [3.63, 3.8) is 0 Å². The molecular weight excluding hydrogens is 350 g/mol. The molecule has 1 aromatic heterocycles. The first-order valence-electron chi connectivity index (χ1n) is 8.22. The quantitative estimate of drug-likeness (QED) is 0.579. The van der Waals surface area contributed by atoms with E-state index in [9.17, 15) is 9.90 Å². The summed E-state index contributed by atoms with van der Waals surface area (Å²) in [6.45, 7) is -0.103. The van der Waals surface area contributed by atoms with Crippen molar-refractivity contribution in [3.05, 3.63) is 60.3 Å². The van der Waals surface area contributed by atoms with Crippen molar-refractivity contribution in [2.24, 2.45) is 0 Å². The van der Waals surface area contributed by atoms with Crippen LogP contribution in [0.1, 0.15) is 5.69 Å². The van der Waals surface area contributed by atoms with Crippen LogP contribution in [0.4, 0.5) is 0 Å². The maximum atomic E-state index is 12.3. The number of para-hydroxylation sites is 1. The molecule has 0 spiro atoms. The van der Waals surface area contributed by atoms with Gasteiger partial charge in [-0.05, 0) is 28.9 Å². The van der Waals surface area contributed by atoms with E-state index in [4.69, 9.17) is 14.0 Å². The normalized spacial score (nSPS) is 10.4. The highest BCUT2D eigenvalue weighted by Gasteiger charge is 2.24. The molecule has 2 aromatic carbocycles. The summed E-state index contributed by atoms with van der Waals surface area (Å²) in [5.74, 6) is 0.398. The number of likely N-dealkylation sites (N-methyl/N-ethyl adjacent to an activating group) is 1. The van der Waals surface area contributed by atoms with Gasteiger partial charge in [-0.25, -0.2) is 0 Å². The predicted octanol–water partition coefficient (Wildman–Crippen LogP) is 1.07. The van der Waals surface area contributed by atoms with Crippen molar-refractivity contribution in [1.82, 2.24) is 10.2 Å². The first-order valence-corrected chi connectivity index (χ1v) is 8.22. The second-order valence-corrected chi connectivity index (χ2v) is 5.77. The fourth-order valence-corrected chi connectivity index (χ4v) is 2.41. The summed E-state index contributed by atoms with van der Waals surface area (Å²) in [6.07, 6.45) is 0. The van der Waals surface area contributed by atoms with E-state index in [2.05, 4.69) is 5.27 Å². The summed E-state index contributed by atoms with van der Waals surface area (Å²) in [5, 5.41) is 15.8. The van der Waals surface area contributed by atoms with Gasteiger partial charge in [0.15, 0.2) is 12.6 Å². The Morgan fingerprint density at radius 3 is 2.52 bits per heavy atom. The highest BCUT2D eigenvalue weighted by atomic mass is 16.6. The number of methoxy groups -OCH3 is 1. The average Bonchev–Trinajstić information content (AvgIpc) is 3.07. The Bertz CT molecular complexity index is 893. The van der Waals surface area contributed by atoms with Crippen LogP contribution in [0.25, 0.3) is 5.69 Å². The zero-order chi connectivity index (χ0) is 19.2. The molecule has 1 amide bonds. The van der Waals surface area contributed by atoms with E-state index >= 15 is 0 Å². The summed E-state index contributed by atoms with van der Waals surface area (Å²) >= 11 is 0. The highest BCUT2D eigenvalue weighted by molar-refractivity contribution is 5.77. The Balaban J connectivity index is 1.69. The van der Waals surface area contributed by atoms with E-state index in [-0.39, 0.29) is 24.8 Å². The van der Waals surface area contributed by atoms with E-state index in [1.807, 2.05) is 18.2 Å². The van der Waals surface area contributed by atoms with Crippen molar-refractivity contribution >= 4 is 5.91 Å². The van der Waals surface area contributed by atoms with Gasteiger partial charge in [-0.2, -0.15) is 0 Å². The SMILES string of the molecule is COc1ccc(-[n+]2noc([O-])c2CN(C)C(=O)COc2ccccc2)cc1. The lowest BCUT2D eigenvalue weighted by atomic mass is 10.3. The number of hydrogen-bond donors (Lipinski definition) is 0. The van der Waals surface area contributed by atoms with Crippen LogP contribution in [0.2, 0.25) is 0 Å². The number of aromatic nitrogens is 2. The minimum atomic E-state index is -0.602. The Kier molecular flexibility index (Phi) is 5.55. The Morgan fingerprint density at radius 1 is 1.15 bits per heavy atom. The molecule has 0 N–H and O–H groups in total. The van der Waals surface area contributed by atoms with Crippen molar-refractivity contribution in [3.8, 4) is 23.1 Å². The molecular formula is C19H19N3O5. The number of nitrogens with zero attached hydrogens (tertiary/aromatic N) is 3. The van der Waals surface area contributed by atoms with E-state index in [0.717, 1.165) is 0 Å². The van der Waals surface area contributed by atoms with Crippen LogP contribution >= 0.6 is 0 Å². The van der Waals surface area contributed by atoms with E-state index in [0.29, 0.717) is 17.2 Å². The molecule has 8 nitrogen and oxygen atoms in total. The summed E-state index contributed by atoms with van der Waals surface area (Å²) in [7, 11) is 3.15. The molecule has 0 saturated heterocycles. The van der Waals surface area contributed by atoms with Crippen molar-refractivity contribution < 1.29 is 28.6 Å². The molecule has 3 aromatic rings. The van der Waals surface area contributed by atoms with Crippen LogP contribution in [0, 0.1) is 0 Å². The first-order chi connectivity index (χ1) is 13.1. The molecule has 1 heterocycles. The Labute approximate surface area is 156 Å². The number of hydrogen-bond acceptors (Lipinski definition) is 6. The lowest BCUT2D eigenvalue weighted by Gasteiger charge is -2.15. The maximum Gasteiger partial charge on any atom is 0.260 e. The van der Waals surface area contributed by atoms with Gasteiger partial charge in [-0.15, -0.1) is 0 Å². The molecule has 0 bridgehead atoms. The topological polar surface area (TPSA) is 91.7 Å². The first kappa shape index (κ1) is 18.2. The molecule has 0 aliphatic carbocycles. The number of amides is 1. The van der Waals surface area contributed by atoms with Gasteiger partial charge in [-0.1, -0.05) is 18.2 Å². The predicted molar refractivity (Wildman–Crippen MR) is 92.4 cm³/mol. The molecule has 0 fully saturated rings. The molecule has 0 aliphatic rings. The van der Waals surface area contributed by atoms with Gasteiger partial charge in [0.05, 0.1) is 12.4 Å². The van der Waals surface area contributed by atoms with Crippen molar-refractivity contribution in [2.75, 3.05) is 20.8 Å². The number of rotatable bonds is 7. The smallest absolute Gasteiger partial charge is 0.260 e. The second-order valence-electron chi connectivity index (χ2n) is 5.77. The standard InChI is InChI=1S/C19H19N3O5/c1-21(18(23)13-26-16-6-4-3-5-7-16)12-17-19(24)27-20-22(17)14-8-10-15(25-2)11-9-14/h3-11H,12-13H2,1-2H3. The summed E-state index contributed by atoms with van der Waals surface area (Å²) in [6, 6.07) is 16.0. The lowest BCUT2D eigenvalue weighted by molar-refractivity contribution is -0.678. The third kappa shape index (κ3) is 4.35. The molecule has 0 radical (unpaired) electrons. The van der Waals surface area contributed by atoms with Crippen molar-refractivity contribution in [2.45, 2.75) is 6.54 Å². The van der Waals surface area contributed by atoms with Crippen molar-refractivity contribution in [1.29, 1.82) is 0 Å². The van der Waals surface area contributed by atoms with Gasteiger partial charge in [0.1, 0.15) is 18.0 Å². The number of ether oxygens (including phenoxy) is 2. The Morgan fingerprint density at radius 2 is 1.85 bits per heavy atom. The van der Waals surface area contributed by atoms with Crippen LogP contribution in [-0.2, 0) is 11.3 Å². The van der Waals surface area contributed by atoms with Crippen LogP contribution in [0.5, 0.6) is 17.4 Å². The fourth-order valence-electron chi connectivity index (χ4n) is 2.41. The van der Waals surface area contributed by atoms with Crippen LogP contribution < -0.4 is 19.3 Å². The second kappa shape index (κ2) is 8.22. The Hall–Kier alpha value is -3.55. The van der Waals surface area contributed by atoms with E-state index < -0.39 is 5.95 Å². The van der Waals surface area contributed by atoms with Gasteiger partial charge in [0, 0.05) is 19.2 Å². The molecule has 0 saturated carbocycles. The molecule has 27 heavy (non-hydrogen) atoms. The van der Waals surface area contributed by atoms with Gasteiger partial charge >= 0.3 is 0 Å². The summed E-state index contributed by atoms with van der Waals surface area (Å²) in [4.78, 5) is 13.7. The van der Waals surface area contributed by atoms with Gasteiger partial charge < -0.3 is 24.0 Å². The fraction of sp³-hybridized carbons (Fsp3) is 0.211. The summed E-state index contributed by atoms with van der Waals surface area (Å²) in [5.41, 5.74) is 0.855. The maximum absolute atomic E-state index is 12.3. The molecule has 3 rings (SSSR count). The van der Waals surface area contributed by atoms with Gasteiger partial charge in [-0.3, -0.25) is 4.79 Å². The van der Waals surface area contributed by atoms with Crippen LogP contribution in [-0.4, -0.2) is 36.8 Å². The molecule has 0 aliphatic heterocycles. The largest absolute Gasteiger partial charge is 0.539 e. The summed E-state index contributed by atoms with van der Waals surface area (Å²) < 4.78 is 16.7. The third-order valence-electron chi connectivity index (χ3n) is 3.93. The number of benzene rings is 2. The van der Waals surface area contributed by atoms with Gasteiger partial charge in [0.25, 0.3) is 11.6 Å². The van der Waals surface area contributed by atoms with Crippen LogP contribution in [0.3, 0.4) is 0 Å². The third-order valence-corrected chi connectivity index (χ3v) is 3.93. The van der Waals surface area contributed by atoms with Gasteiger partial charge in [0.2, 0.25) is 5.69 Å². The van der Waals surface area contributed by atoms with E-state index in [1.165, 1.54) is 9.58 Å². The average molecular weight is 369 g/mol. The molecule has 140 valence electrons. The lowest BCUT2D eigenvalue weighted by Crippen LogP contribution is -2.41.